The number of thiophene rings is 1. The first-order valence-corrected chi connectivity index (χ1v) is 11.9. The number of nitrogens with zero attached hydrogens (tertiary/aromatic N) is 2. The lowest BCUT2D eigenvalue weighted by molar-refractivity contribution is -0.133. The molecule has 0 saturated carbocycles. The second-order valence-electron chi connectivity index (χ2n) is 7.73. The first-order chi connectivity index (χ1) is 15.7. The Morgan fingerprint density at radius 3 is 2.16 bits per heavy atom. The molecule has 1 aromatic heterocycles. The fourth-order valence-corrected chi connectivity index (χ4v) is 4.10. The fraction of sp³-hybridized carbons (Fsp3) is 0.308. The summed E-state index contributed by atoms with van der Waals surface area (Å²) in [6.45, 7) is 4.21. The number of carbonyl (C=O) groups is 2. The van der Waals surface area contributed by atoms with Gasteiger partial charge in [0, 0.05) is 24.5 Å². The van der Waals surface area contributed by atoms with Crippen molar-refractivity contribution >= 4 is 23.3 Å². The van der Waals surface area contributed by atoms with Gasteiger partial charge in [-0.3, -0.25) is 4.79 Å². The van der Waals surface area contributed by atoms with E-state index < -0.39 is 0 Å². The number of unbranched alkanes of at least 4 members (excludes halogenated alkanes) is 1. The van der Waals surface area contributed by atoms with E-state index in [1.54, 1.807) is 16.2 Å². The normalized spacial score (nSPS) is 10.5. The third kappa shape index (κ3) is 7.54. The van der Waals surface area contributed by atoms with Crippen molar-refractivity contribution in [2.45, 2.75) is 39.4 Å². The van der Waals surface area contributed by atoms with Gasteiger partial charge in [0.15, 0.2) is 0 Å². The van der Waals surface area contributed by atoms with Crippen molar-refractivity contribution < 1.29 is 9.59 Å². The van der Waals surface area contributed by atoms with Crippen molar-refractivity contribution in [3.8, 4) is 0 Å². The molecule has 0 spiro atoms. The van der Waals surface area contributed by atoms with Crippen LogP contribution in [0.5, 0.6) is 0 Å². The van der Waals surface area contributed by atoms with Crippen LogP contribution >= 0.6 is 11.3 Å². The lowest BCUT2D eigenvalue weighted by atomic mass is 10.2. The molecule has 3 aromatic rings. The molecular weight excluding hydrogens is 418 g/mol. The van der Waals surface area contributed by atoms with Crippen LogP contribution in [0.15, 0.2) is 78.2 Å². The summed E-state index contributed by atoms with van der Waals surface area (Å²) in [6.07, 6.45) is 1.81. The Morgan fingerprint density at radius 1 is 0.844 bits per heavy atom. The molecule has 2 aromatic carbocycles. The molecule has 0 unspecified atom stereocenters. The summed E-state index contributed by atoms with van der Waals surface area (Å²) >= 11 is 1.64. The highest BCUT2D eigenvalue weighted by Crippen LogP contribution is 2.15. The maximum atomic E-state index is 13.3. The van der Waals surface area contributed by atoms with E-state index >= 15 is 0 Å². The molecule has 1 heterocycles. The van der Waals surface area contributed by atoms with Gasteiger partial charge in [-0.15, -0.1) is 11.3 Å². The highest BCUT2D eigenvalue weighted by molar-refractivity contribution is 7.09. The Balaban J connectivity index is 1.67. The molecule has 0 radical (unpaired) electrons. The highest BCUT2D eigenvalue weighted by atomic mass is 32.1. The van der Waals surface area contributed by atoms with Crippen molar-refractivity contribution in [2.75, 3.05) is 13.1 Å². The van der Waals surface area contributed by atoms with Gasteiger partial charge in [-0.2, -0.15) is 0 Å². The molecule has 6 heteroatoms. The van der Waals surface area contributed by atoms with Gasteiger partial charge in [-0.25, -0.2) is 4.79 Å². The number of benzene rings is 2. The molecule has 3 rings (SSSR count). The van der Waals surface area contributed by atoms with Crippen LogP contribution in [0.1, 0.15) is 35.8 Å². The maximum absolute atomic E-state index is 13.3. The van der Waals surface area contributed by atoms with Crippen LogP contribution in [0.3, 0.4) is 0 Å². The zero-order chi connectivity index (χ0) is 22.6. The van der Waals surface area contributed by atoms with E-state index in [9.17, 15) is 9.59 Å². The zero-order valence-electron chi connectivity index (χ0n) is 18.6. The van der Waals surface area contributed by atoms with E-state index in [0.717, 1.165) is 28.8 Å². The fourth-order valence-electron chi connectivity index (χ4n) is 3.38. The van der Waals surface area contributed by atoms with E-state index in [1.165, 1.54) is 0 Å². The average Bonchev–Trinajstić information content (AvgIpc) is 3.34. The Bertz CT molecular complexity index is 946. The number of nitrogens with one attached hydrogen (secondary N) is 1. The van der Waals surface area contributed by atoms with Crippen molar-refractivity contribution in [2.24, 2.45) is 0 Å². The van der Waals surface area contributed by atoms with Crippen LogP contribution in [-0.2, 0) is 24.4 Å². The second kappa shape index (κ2) is 12.7. The quantitative estimate of drug-likeness (QED) is 0.432. The summed E-state index contributed by atoms with van der Waals surface area (Å²) < 4.78 is 0. The molecule has 3 amide bonds. The zero-order valence-corrected chi connectivity index (χ0v) is 19.4. The van der Waals surface area contributed by atoms with E-state index in [4.69, 9.17) is 0 Å². The minimum Gasteiger partial charge on any atom is -0.334 e. The van der Waals surface area contributed by atoms with Gasteiger partial charge in [0.25, 0.3) is 0 Å². The van der Waals surface area contributed by atoms with Gasteiger partial charge in [0.1, 0.15) is 6.54 Å². The predicted molar refractivity (Wildman–Crippen MR) is 130 cm³/mol. The van der Waals surface area contributed by atoms with Gasteiger partial charge >= 0.3 is 6.03 Å². The molecule has 168 valence electrons. The largest absolute Gasteiger partial charge is 0.334 e. The minimum atomic E-state index is -0.202. The number of hydrogen-bond acceptors (Lipinski definition) is 3. The van der Waals surface area contributed by atoms with Crippen LogP contribution < -0.4 is 5.32 Å². The summed E-state index contributed by atoms with van der Waals surface area (Å²) in [5.74, 6) is -0.0479. The summed E-state index contributed by atoms with van der Waals surface area (Å²) in [4.78, 5) is 30.8. The number of hydrogen-bond donors (Lipinski definition) is 1. The topological polar surface area (TPSA) is 52.7 Å². The van der Waals surface area contributed by atoms with E-state index in [-0.39, 0.29) is 18.5 Å². The molecule has 0 aliphatic heterocycles. The highest BCUT2D eigenvalue weighted by Gasteiger charge is 2.22. The summed E-state index contributed by atoms with van der Waals surface area (Å²) in [7, 11) is 0. The number of urea groups is 1. The molecule has 0 saturated heterocycles. The lowest BCUT2D eigenvalue weighted by Gasteiger charge is -2.28. The first-order valence-electron chi connectivity index (χ1n) is 11.1. The van der Waals surface area contributed by atoms with Gasteiger partial charge in [-0.1, -0.05) is 80.1 Å². The molecule has 0 bridgehead atoms. The third-order valence-electron chi connectivity index (χ3n) is 5.18. The van der Waals surface area contributed by atoms with E-state index in [1.807, 2.05) is 83.1 Å². The molecule has 5 nitrogen and oxygen atoms in total. The molecule has 32 heavy (non-hydrogen) atoms. The number of rotatable bonds is 11. The summed E-state index contributed by atoms with van der Waals surface area (Å²) in [6, 6.07) is 23.6. The van der Waals surface area contributed by atoms with Gasteiger partial charge in [-0.05, 0) is 29.0 Å². The lowest BCUT2D eigenvalue weighted by Crippen LogP contribution is -2.46. The SMILES string of the molecule is CCCCN(CC(=O)N(Cc1ccccc1)Cc1cccs1)C(=O)NCc1ccccc1. The Labute approximate surface area is 194 Å². The van der Waals surface area contributed by atoms with Crippen molar-refractivity contribution in [3.05, 3.63) is 94.2 Å². The van der Waals surface area contributed by atoms with Crippen LogP contribution in [0.4, 0.5) is 4.79 Å². The minimum absolute atomic E-state index is 0.0479. The van der Waals surface area contributed by atoms with E-state index in [0.29, 0.717) is 26.2 Å². The third-order valence-corrected chi connectivity index (χ3v) is 6.04. The summed E-state index contributed by atoms with van der Waals surface area (Å²) in [5.41, 5.74) is 2.11. The number of carbonyl (C=O) groups excluding carboxylic acids is 2. The first kappa shape index (κ1) is 23.5. The molecule has 0 aliphatic rings. The van der Waals surface area contributed by atoms with Gasteiger partial charge < -0.3 is 15.1 Å². The Kier molecular flexibility index (Phi) is 9.32. The van der Waals surface area contributed by atoms with Crippen molar-refractivity contribution in [3.63, 3.8) is 0 Å². The molecular formula is C26H31N3O2S. The molecule has 0 fully saturated rings. The molecule has 0 atom stereocenters. The van der Waals surface area contributed by atoms with Crippen LogP contribution in [0.25, 0.3) is 0 Å². The van der Waals surface area contributed by atoms with Gasteiger partial charge in [0.2, 0.25) is 5.91 Å². The molecule has 0 aliphatic carbocycles. The maximum Gasteiger partial charge on any atom is 0.318 e. The van der Waals surface area contributed by atoms with Gasteiger partial charge in [0.05, 0.1) is 6.54 Å². The van der Waals surface area contributed by atoms with E-state index in [2.05, 4.69) is 12.2 Å². The number of amides is 3. The summed E-state index contributed by atoms with van der Waals surface area (Å²) in [5, 5.41) is 4.98. The smallest absolute Gasteiger partial charge is 0.318 e. The van der Waals surface area contributed by atoms with Crippen LogP contribution in [0, 0.1) is 0 Å². The molecule has 1 N–H and O–H groups in total. The van der Waals surface area contributed by atoms with Crippen molar-refractivity contribution in [1.29, 1.82) is 0 Å². The average molecular weight is 450 g/mol. The van der Waals surface area contributed by atoms with Crippen molar-refractivity contribution in [1.82, 2.24) is 15.1 Å². The Morgan fingerprint density at radius 2 is 1.53 bits per heavy atom. The van der Waals surface area contributed by atoms with Crippen LogP contribution in [-0.4, -0.2) is 34.8 Å². The second-order valence-corrected chi connectivity index (χ2v) is 8.77. The monoisotopic (exact) mass is 449 g/mol. The Hall–Kier alpha value is -3.12. The predicted octanol–water partition coefficient (Wildman–Crippen LogP) is 5.29. The van der Waals surface area contributed by atoms with Crippen LogP contribution in [0.2, 0.25) is 0 Å². The standard InChI is InChI=1S/C26H31N3O2S/c1-2-3-16-28(26(31)27-18-22-11-6-4-7-12-22)21-25(30)29(20-24-15-10-17-32-24)19-23-13-8-5-9-14-23/h4-15,17H,2-3,16,18-21H2,1H3,(H,27,31).